The zero-order valence-electron chi connectivity index (χ0n) is 6.94. The lowest BCUT2D eigenvalue weighted by Gasteiger charge is -2.22. The van der Waals surface area contributed by atoms with Gasteiger partial charge in [0.15, 0.2) is 5.92 Å². The van der Waals surface area contributed by atoms with Crippen molar-refractivity contribution in [2.75, 3.05) is 6.54 Å². The first-order chi connectivity index (χ1) is 5.45. The van der Waals surface area contributed by atoms with Gasteiger partial charge in [0.2, 0.25) is 0 Å². The summed E-state index contributed by atoms with van der Waals surface area (Å²) < 4.78 is 0. The van der Waals surface area contributed by atoms with E-state index in [1.165, 1.54) is 13.8 Å². The van der Waals surface area contributed by atoms with Crippen molar-refractivity contribution in [3.8, 4) is 6.07 Å². The molecule has 0 spiro atoms. The quantitative estimate of drug-likeness (QED) is 0.637. The topological polar surface area (TPSA) is 90.5 Å². The number of nitriles is 1. The van der Waals surface area contributed by atoms with Crippen LogP contribution >= 0.6 is 0 Å². The van der Waals surface area contributed by atoms with E-state index >= 15 is 0 Å². The number of carboxylic acid groups (broad SMARTS) is 1. The van der Waals surface area contributed by atoms with Crippen LogP contribution in [0.1, 0.15) is 13.8 Å². The number of carboxylic acids is 1. The summed E-state index contributed by atoms with van der Waals surface area (Å²) in [6.45, 7) is 2.88. The van der Waals surface area contributed by atoms with Crippen molar-refractivity contribution in [3.63, 3.8) is 0 Å². The molecule has 0 heterocycles. The Kier molecular flexibility index (Phi) is 3.35. The third-order valence-corrected chi connectivity index (χ3v) is 1.63. The van der Waals surface area contributed by atoms with E-state index in [0.29, 0.717) is 0 Å². The summed E-state index contributed by atoms with van der Waals surface area (Å²) in [5.74, 6) is -2.40. The highest BCUT2D eigenvalue weighted by atomic mass is 16.4. The van der Waals surface area contributed by atoms with Gasteiger partial charge in [-0.25, -0.2) is 0 Å². The van der Waals surface area contributed by atoms with E-state index in [1.807, 2.05) is 0 Å². The Morgan fingerprint density at radius 2 is 2.25 bits per heavy atom. The first-order valence-corrected chi connectivity index (χ1v) is 3.37. The molecule has 0 saturated heterocycles. The molecule has 0 aromatic rings. The molecule has 0 aliphatic heterocycles. The molecular weight excluding hydrogens is 160 g/mol. The molecule has 0 bridgehead atoms. The molecule has 66 valence electrons. The van der Waals surface area contributed by atoms with Crippen LogP contribution in [0.15, 0.2) is 5.18 Å². The predicted octanol–water partition coefficient (Wildman–Crippen LogP) is 1.00. The standard InChI is InChI=1S/C7H10N2O3/c1-7(2,4-9-12)5(3-8)6(10)11/h5H,4H2,1-2H3,(H,10,11). The van der Waals surface area contributed by atoms with E-state index in [0.717, 1.165) is 0 Å². The number of hydrogen-bond acceptors (Lipinski definition) is 4. The van der Waals surface area contributed by atoms with Crippen molar-refractivity contribution < 1.29 is 9.90 Å². The highest BCUT2D eigenvalue weighted by Crippen LogP contribution is 2.26. The van der Waals surface area contributed by atoms with Crippen LogP contribution in [0.25, 0.3) is 0 Å². The highest BCUT2D eigenvalue weighted by molar-refractivity contribution is 5.73. The molecule has 0 aromatic heterocycles. The normalized spacial score (nSPS) is 13.1. The van der Waals surface area contributed by atoms with Crippen molar-refractivity contribution in [1.82, 2.24) is 0 Å². The van der Waals surface area contributed by atoms with Crippen molar-refractivity contribution in [2.24, 2.45) is 16.5 Å². The Labute approximate surface area is 70.0 Å². The lowest BCUT2D eigenvalue weighted by molar-refractivity contribution is -0.142. The predicted molar refractivity (Wildman–Crippen MR) is 41.2 cm³/mol. The minimum Gasteiger partial charge on any atom is -0.480 e. The molecule has 0 amide bonds. The van der Waals surface area contributed by atoms with E-state index < -0.39 is 17.3 Å². The zero-order valence-corrected chi connectivity index (χ0v) is 6.94. The maximum absolute atomic E-state index is 10.5. The van der Waals surface area contributed by atoms with Crippen LogP contribution in [-0.2, 0) is 4.79 Å². The molecule has 1 atom stereocenters. The maximum Gasteiger partial charge on any atom is 0.321 e. The van der Waals surface area contributed by atoms with Gasteiger partial charge in [0.1, 0.15) is 0 Å². The number of nitrogens with zero attached hydrogens (tertiary/aromatic N) is 2. The van der Waals surface area contributed by atoms with Gasteiger partial charge in [-0.05, 0) is 0 Å². The first kappa shape index (κ1) is 10.6. The van der Waals surface area contributed by atoms with Crippen LogP contribution in [0.4, 0.5) is 0 Å². The van der Waals surface area contributed by atoms with Crippen LogP contribution in [0, 0.1) is 27.6 Å². The molecule has 0 aliphatic rings. The molecule has 0 rings (SSSR count). The Bertz CT molecular complexity index is 229. The van der Waals surface area contributed by atoms with Crippen molar-refractivity contribution in [1.29, 1.82) is 5.26 Å². The Morgan fingerprint density at radius 1 is 1.75 bits per heavy atom. The van der Waals surface area contributed by atoms with Gasteiger partial charge in [-0.2, -0.15) is 10.2 Å². The number of rotatable bonds is 4. The Morgan fingerprint density at radius 3 is 2.50 bits per heavy atom. The molecule has 5 heteroatoms. The second kappa shape index (κ2) is 3.81. The van der Waals surface area contributed by atoms with Gasteiger partial charge in [0, 0.05) is 5.41 Å². The highest BCUT2D eigenvalue weighted by Gasteiger charge is 2.35. The average Bonchev–Trinajstić information content (AvgIpc) is 1.86. The van der Waals surface area contributed by atoms with Gasteiger partial charge in [-0.15, -0.1) is 0 Å². The van der Waals surface area contributed by atoms with Crippen LogP contribution in [-0.4, -0.2) is 17.6 Å². The summed E-state index contributed by atoms with van der Waals surface area (Å²) in [6.07, 6.45) is 0. The summed E-state index contributed by atoms with van der Waals surface area (Å²) in [5, 5.41) is 19.6. The lowest BCUT2D eigenvalue weighted by atomic mass is 9.80. The lowest BCUT2D eigenvalue weighted by Crippen LogP contribution is -2.32. The largest absolute Gasteiger partial charge is 0.480 e. The van der Waals surface area contributed by atoms with Gasteiger partial charge in [-0.1, -0.05) is 19.0 Å². The van der Waals surface area contributed by atoms with Crippen LogP contribution < -0.4 is 0 Å². The second-order valence-electron chi connectivity index (χ2n) is 3.18. The molecule has 1 unspecified atom stereocenters. The molecule has 0 aliphatic carbocycles. The minimum absolute atomic E-state index is 0.169. The fourth-order valence-corrected chi connectivity index (χ4v) is 0.822. The fraction of sp³-hybridized carbons (Fsp3) is 0.714. The first-order valence-electron chi connectivity index (χ1n) is 3.37. The number of carbonyl (C=O) groups is 1. The number of nitroso groups, excluding NO2 is 1. The Balaban J connectivity index is 4.61. The molecule has 0 fully saturated rings. The van der Waals surface area contributed by atoms with E-state index in [9.17, 15) is 9.70 Å². The van der Waals surface area contributed by atoms with Gasteiger partial charge in [0.25, 0.3) is 0 Å². The zero-order chi connectivity index (χ0) is 9.78. The van der Waals surface area contributed by atoms with Gasteiger partial charge in [-0.3, -0.25) is 4.79 Å². The van der Waals surface area contributed by atoms with E-state index in [4.69, 9.17) is 10.4 Å². The summed E-state index contributed by atoms with van der Waals surface area (Å²) >= 11 is 0. The fourth-order valence-electron chi connectivity index (χ4n) is 0.822. The average molecular weight is 170 g/mol. The van der Waals surface area contributed by atoms with Gasteiger partial charge < -0.3 is 5.11 Å². The number of aliphatic carboxylic acids is 1. The van der Waals surface area contributed by atoms with Crippen molar-refractivity contribution in [2.45, 2.75) is 13.8 Å². The van der Waals surface area contributed by atoms with Gasteiger partial charge >= 0.3 is 5.97 Å². The Hall–Kier alpha value is -1.44. The van der Waals surface area contributed by atoms with E-state index in [-0.39, 0.29) is 6.54 Å². The third-order valence-electron chi connectivity index (χ3n) is 1.63. The number of hydrogen-bond donors (Lipinski definition) is 1. The second-order valence-corrected chi connectivity index (χ2v) is 3.18. The van der Waals surface area contributed by atoms with Crippen molar-refractivity contribution >= 4 is 5.97 Å². The molecule has 0 radical (unpaired) electrons. The smallest absolute Gasteiger partial charge is 0.321 e. The molecular formula is C7H10N2O3. The SMILES string of the molecule is CC(C)(CN=O)C(C#N)C(=O)O. The van der Waals surface area contributed by atoms with Gasteiger partial charge in [0.05, 0.1) is 12.6 Å². The maximum atomic E-state index is 10.5. The molecule has 1 N–H and O–H groups in total. The summed E-state index contributed by atoms with van der Waals surface area (Å²) in [4.78, 5) is 20.4. The minimum atomic E-state index is -1.22. The molecule has 12 heavy (non-hydrogen) atoms. The van der Waals surface area contributed by atoms with E-state index in [2.05, 4.69) is 5.18 Å². The molecule has 0 aromatic carbocycles. The van der Waals surface area contributed by atoms with Crippen molar-refractivity contribution in [3.05, 3.63) is 4.91 Å². The third kappa shape index (κ3) is 2.31. The van der Waals surface area contributed by atoms with Crippen LogP contribution in [0.3, 0.4) is 0 Å². The molecule has 5 nitrogen and oxygen atoms in total. The van der Waals surface area contributed by atoms with E-state index in [1.54, 1.807) is 6.07 Å². The summed E-state index contributed by atoms with van der Waals surface area (Å²) in [6, 6.07) is 1.63. The summed E-state index contributed by atoms with van der Waals surface area (Å²) in [7, 11) is 0. The summed E-state index contributed by atoms with van der Waals surface area (Å²) in [5.41, 5.74) is -0.900. The monoisotopic (exact) mass is 170 g/mol. The molecule has 0 saturated carbocycles. The van der Waals surface area contributed by atoms with Crippen LogP contribution in [0.2, 0.25) is 0 Å². The van der Waals surface area contributed by atoms with Crippen LogP contribution in [0.5, 0.6) is 0 Å².